The van der Waals surface area contributed by atoms with Crippen molar-refractivity contribution in [1.29, 1.82) is 0 Å². The van der Waals surface area contributed by atoms with E-state index in [0.717, 1.165) is 5.76 Å². The zero-order valence-electron chi connectivity index (χ0n) is 11.6. The van der Waals surface area contributed by atoms with Crippen LogP contribution in [0.3, 0.4) is 0 Å². The van der Waals surface area contributed by atoms with E-state index in [1.54, 1.807) is 6.07 Å². The van der Waals surface area contributed by atoms with Crippen molar-refractivity contribution in [3.05, 3.63) is 23.7 Å². The maximum atomic E-state index is 11.9. The van der Waals surface area contributed by atoms with Crippen molar-refractivity contribution >= 4 is 5.91 Å². The summed E-state index contributed by atoms with van der Waals surface area (Å²) in [5.41, 5.74) is -0.0673. The molecule has 1 atom stereocenters. The molecule has 0 bridgehead atoms. The first-order chi connectivity index (χ1) is 7.71. The predicted molar refractivity (Wildman–Crippen MR) is 69.2 cm³/mol. The van der Waals surface area contributed by atoms with E-state index in [1.165, 1.54) is 0 Å². The maximum absolute atomic E-state index is 11.9. The van der Waals surface area contributed by atoms with Crippen molar-refractivity contribution in [3.63, 3.8) is 0 Å². The van der Waals surface area contributed by atoms with Crippen LogP contribution in [0.2, 0.25) is 0 Å². The van der Waals surface area contributed by atoms with Crippen molar-refractivity contribution in [3.8, 4) is 0 Å². The number of amides is 1. The molecule has 1 heterocycles. The molecule has 3 heteroatoms. The van der Waals surface area contributed by atoms with Crippen molar-refractivity contribution in [1.82, 2.24) is 5.32 Å². The first-order valence-electron chi connectivity index (χ1n) is 6.13. The number of furan rings is 1. The zero-order chi connectivity index (χ0) is 13.2. The van der Waals surface area contributed by atoms with Crippen molar-refractivity contribution in [2.75, 3.05) is 0 Å². The number of hydrogen-bond donors (Lipinski definition) is 1. The summed E-state index contributed by atoms with van der Waals surface area (Å²) < 4.78 is 5.58. The first-order valence-corrected chi connectivity index (χ1v) is 6.13. The number of carbonyl (C=O) groups is 1. The molecular weight excluding hydrogens is 214 g/mol. The van der Waals surface area contributed by atoms with Crippen molar-refractivity contribution in [2.45, 2.75) is 53.0 Å². The maximum Gasteiger partial charge on any atom is 0.287 e. The SMILES string of the molecule is CC(C)C(C)NC(=O)c1ccc(C(C)(C)C)o1. The molecule has 0 saturated heterocycles. The van der Waals surface area contributed by atoms with Crippen LogP contribution in [0.4, 0.5) is 0 Å². The van der Waals surface area contributed by atoms with Gasteiger partial charge in [0.05, 0.1) is 0 Å². The van der Waals surface area contributed by atoms with E-state index in [4.69, 9.17) is 4.42 Å². The molecule has 1 N–H and O–H groups in total. The van der Waals surface area contributed by atoms with Crippen LogP contribution in [0.25, 0.3) is 0 Å². The van der Waals surface area contributed by atoms with Gasteiger partial charge in [0.1, 0.15) is 5.76 Å². The lowest BCUT2D eigenvalue weighted by atomic mass is 9.94. The van der Waals surface area contributed by atoms with E-state index in [0.29, 0.717) is 11.7 Å². The van der Waals surface area contributed by atoms with E-state index in [-0.39, 0.29) is 17.4 Å². The van der Waals surface area contributed by atoms with Gasteiger partial charge in [-0.25, -0.2) is 0 Å². The summed E-state index contributed by atoms with van der Waals surface area (Å²) >= 11 is 0. The fourth-order valence-corrected chi connectivity index (χ4v) is 1.31. The second-order valence-electron chi connectivity index (χ2n) is 5.92. The Morgan fingerprint density at radius 3 is 2.24 bits per heavy atom. The van der Waals surface area contributed by atoms with Gasteiger partial charge in [0, 0.05) is 11.5 Å². The van der Waals surface area contributed by atoms with Gasteiger partial charge in [0.2, 0.25) is 0 Å². The topological polar surface area (TPSA) is 42.2 Å². The first kappa shape index (κ1) is 13.8. The summed E-state index contributed by atoms with van der Waals surface area (Å²) in [6.07, 6.45) is 0. The summed E-state index contributed by atoms with van der Waals surface area (Å²) in [7, 11) is 0. The third-order valence-electron chi connectivity index (χ3n) is 2.93. The molecule has 1 unspecified atom stereocenters. The Morgan fingerprint density at radius 1 is 1.24 bits per heavy atom. The fourth-order valence-electron chi connectivity index (χ4n) is 1.31. The molecule has 0 saturated carbocycles. The van der Waals surface area contributed by atoms with Gasteiger partial charge in [-0.1, -0.05) is 34.6 Å². The molecule has 0 aliphatic heterocycles. The lowest BCUT2D eigenvalue weighted by molar-refractivity contribution is 0.0899. The highest BCUT2D eigenvalue weighted by atomic mass is 16.4. The highest BCUT2D eigenvalue weighted by Gasteiger charge is 2.21. The Bertz CT molecular complexity index is 385. The van der Waals surface area contributed by atoms with E-state index in [1.807, 2.05) is 13.0 Å². The van der Waals surface area contributed by atoms with Gasteiger partial charge < -0.3 is 9.73 Å². The molecule has 0 aromatic carbocycles. The molecule has 1 amide bonds. The molecule has 17 heavy (non-hydrogen) atoms. The number of nitrogens with one attached hydrogen (secondary N) is 1. The van der Waals surface area contributed by atoms with Gasteiger partial charge in [-0.15, -0.1) is 0 Å². The minimum atomic E-state index is -0.137. The third kappa shape index (κ3) is 3.62. The monoisotopic (exact) mass is 237 g/mol. The highest BCUT2D eigenvalue weighted by Crippen LogP contribution is 2.24. The van der Waals surface area contributed by atoms with Crippen LogP contribution in [-0.2, 0) is 5.41 Å². The van der Waals surface area contributed by atoms with E-state index in [9.17, 15) is 4.79 Å². The molecule has 1 rings (SSSR count). The molecule has 3 nitrogen and oxygen atoms in total. The van der Waals surface area contributed by atoms with Gasteiger partial charge in [-0.2, -0.15) is 0 Å². The van der Waals surface area contributed by atoms with Gasteiger partial charge in [-0.3, -0.25) is 4.79 Å². The van der Waals surface area contributed by atoms with Crippen LogP contribution >= 0.6 is 0 Å². The average Bonchev–Trinajstić information content (AvgIpc) is 2.65. The molecule has 1 aromatic rings. The second-order valence-corrected chi connectivity index (χ2v) is 5.92. The van der Waals surface area contributed by atoms with Crippen LogP contribution in [0.1, 0.15) is 57.9 Å². The lowest BCUT2D eigenvalue weighted by Gasteiger charge is -2.17. The number of carbonyl (C=O) groups excluding carboxylic acids is 1. The average molecular weight is 237 g/mol. The molecule has 1 aromatic heterocycles. The molecular formula is C14H23NO2. The molecule has 0 spiro atoms. The van der Waals surface area contributed by atoms with E-state index < -0.39 is 0 Å². The molecule has 96 valence electrons. The summed E-state index contributed by atoms with van der Waals surface area (Å²) in [6, 6.07) is 3.75. The molecule has 0 aliphatic carbocycles. The third-order valence-corrected chi connectivity index (χ3v) is 2.93. The number of rotatable bonds is 3. The summed E-state index contributed by atoms with van der Waals surface area (Å²) in [4.78, 5) is 11.9. The van der Waals surface area contributed by atoms with Gasteiger partial charge in [0.15, 0.2) is 5.76 Å². The predicted octanol–water partition coefficient (Wildman–Crippen LogP) is 3.35. The minimum absolute atomic E-state index is 0.0673. The minimum Gasteiger partial charge on any atom is -0.455 e. The Labute approximate surface area is 104 Å². The highest BCUT2D eigenvalue weighted by molar-refractivity contribution is 5.91. The zero-order valence-corrected chi connectivity index (χ0v) is 11.6. The van der Waals surface area contributed by atoms with Gasteiger partial charge >= 0.3 is 0 Å². The molecule has 0 aliphatic rings. The lowest BCUT2D eigenvalue weighted by Crippen LogP contribution is -2.35. The van der Waals surface area contributed by atoms with Crippen LogP contribution in [0.5, 0.6) is 0 Å². The van der Waals surface area contributed by atoms with Crippen LogP contribution in [-0.4, -0.2) is 11.9 Å². The van der Waals surface area contributed by atoms with Crippen LogP contribution in [0.15, 0.2) is 16.5 Å². The normalized spacial score (nSPS) is 13.8. The quantitative estimate of drug-likeness (QED) is 0.876. The smallest absolute Gasteiger partial charge is 0.287 e. The summed E-state index contributed by atoms with van der Waals surface area (Å²) in [5, 5.41) is 2.93. The Balaban J connectivity index is 2.74. The van der Waals surface area contributed by atoms with E-state index >= 15 is 0 Å². The van der Waals surface area contributed by atoms with Crippen molar-refractivity contribution in [2.24, 2.45) is 5.92 Å². The second kappa shape index (κ2) is 4.94. The molecule has 0 fully saturated rings. The Kier molecular flexibility index (Phi) is 4.02. The standard InChI is InChI=1S/C14H23NO2/c1-9(2)10(3)15-13(16)11-7-8-12(17-11)14(4,5)6/h7-10H,1-6H3,(H,15,16). The number of hydrogen-bond acceptors (Lipinski definition) is 2. The fraction of sp³-hybridized carbons (Fsp3) is 0.643. The van der Waals surface area contributed by atoms with Crippen molar-refractivity contribution < 1.29 is 9.21 Å². The molecule has 0 radical (unpaired) electrons. The van der Waals surface area contributed by atoms with E-state index in [2.05, 4.69) is 39.9 Å². The Morgan fingerprint density at radius 2 is 1.82 bits per heavy atom. The Hall–Kier alpha value is -1.25. The van der Waals surface area contributed by atoms with Gasteiger partial charge in [0.25, 0.3) is 5.91 Å². The van der Waals surface area contributed by atoms with Crippen LogP contribution in [0, 0.1) is 5.92 Å². The summed E-state index contributed by atoms with van der Waals surface area (Å²) in [5.74, 6) is 1.50. The van der Waals surface area contributed by atoms with Crippen LogP contribution < -0.4 is 5.32 Å². The van der Waals surface area contributed by atoms with Gasteiger partial charge in [-0.05, 0) is 25.0 Å². The largest absolute Gasteiger partial charge is 0.455 e. The summed E-state index contributed by atoms with van der Waals surface area (Å²) in [6.45, 7) is 12.3.